The first-order valence-electron chi connectivity index (χ1n) is 5.99. The van der Waals surface area contributed by atoms with Gasteiger partial charge in [0.05, 0.1) is 11.4 Å². The van der Waals surface area contributed by atoms with E-state index in [9.17, 15) is 0 Å². The van der Waals surface area contributed by atoms with Crippen molar-refractivity contribution in [3.8, 4) is 0 Å². The van der Waals surface area contributed by atoms with Crippen LogP contribution >= 0.6 is 11.8 Å². The molecular weight excluding hydrogens is 244 g/mol. The summed E-state index contributed by atoms with van der Waals surface area (Å²) in [5, 5.41) is 0.198. The molecule has 3 nitrogen and oxygen atoms in total. The fourth-order valence-electron chi connectivity index (χ4n) is 1.49. The maximum atomic E-state index is 5.83. The molecular formula is C14H18N2OS. The van der Waals surface area contributed by atoms with E-state index >= 15 is 0 Å². The van der Waals surface area contributed by atoms with Crippen LogP contribution in [0.4, 0.5) is 0 Å². The van der Waals surface area contributed by atoms with E-state index in [0.717, 1.165) is 11.7 Å². The summed E-state index contributed by atoms with van der Waals surface area (Å²) in [7, 11) is 0. The Morgan fingerprint density at radius 3 is 2.44 bits per heavy atom. The SMILES string of the molecule is C[C@H](Sc1ccncc1)c1ncc(C(C)(C)C)o1. The highest BCUT2D eigenvalue weighted by Crippen LogP contribution is 2.35. The van der Waals surface area contributed by atoms with Gasteiger partial charge in [-0.05, 0) is 19.1 Å². The van der Waals surface area contributed by atoms with Gasteiger partial charge in [0.25, 0.3) is 0 Å². The summed E-state index contributed by atoms with van der Waals surface area (Å²) >= 11 is 1.72. The van der Waals surface area contributed by atoms with Crippen LogP contribution in [0.3, 0.4) is 0 Å². The van der Waals surface area contributed by atoms with Crippen molar-refractivity contribution in [3.63, 3.8) is 0 Å². The number of aromatic nitrogens is 2. The van der Waals surface area contributed by atoms with Gasteiger partial charge in [-0.1, -0.05) is 20.8 Å². The number of hydrogen-bond donors (Lipinski definition) is 0. The second-order valence-corrected chi connectivity index (χ2v) is 6.67. The second kappa shape index (κ2) is 5.14. The lowest BCUT2D eigenvalue weighted by molar-refractivity contribution is 0.383. The largest absolute Gasteiger partial charge is 0.444 e. The Kier molecular flexibility index (Phi) is 3.76. The van der Waals surface area contributed by atoms with E-state index in [4.69, 9.17) is 4.42 Å². The first-order chi connectivity index (χ1) is 8.47. The maximum Gasteiger partial charge on any atom is 0.207 e. The Balaban J connectivity index is 2.10. The van der Waals surface area contributed by atoms with Crippen molar-refractivity contribution in [1.29, 1.82) is 0 Å². The number of hydrogen-bond acceptors (Lipinski definition) is 4. The van der Waals surface area contributed by atoms with Crippen molar-refractivity contribution >= 4 is 11.8 Å². The molecule has 0 amide bonds. The van der Waals surface area contributed by atoms with E-state index in [-0.39, 0.29) is 10.7 Å². The summed E-state index contributed by atoms with van der Waals surface area (Å²) in [4.78, 5) is 9.56. The van der Waals surface area contributed by atoms with Crippen molar-refractivity contribution < 1.29 is 4.42 Å². The first kappa shape index (κ1) is 13.1. The van der Waals surface area contributed by atoms with Gasteiger partial charge in [-0.2, -0.15) is 0 Å². The summed E-state index contributed by atoms with van der Waals surface area (Å²) in [6, 6.07) is 3.99. The summed E-state index contributed by atoms with van der Waals surface area (Å²) < 4.78 is 5.83. The molecule has 96 valence electrons. The van der Waals surface area contributed by atoms with E-state index in [1.165, 1.54) is 4.90 Å². The monoisotopic (exact) mass is 262 g/mol. The van der Waals surface area contributed by atoms with E-state index in [2.05, 4.69) is 37.7 Å². The molecule has 0 aromatic carbocycles. The molecule has 0 fully saturated rings. The standard InChI is InChI=1S/C14H18N2OS/c1-10(18-11-5-7-15-8-6-11)13-16-9-12(17-13)14(2,3)4/h5-10H,1-4H3/t10-/m0/s1. The van der Waals surface area contributed by atoms with Gasteiger partial charge in [0.1, 0.15) is 5.76 Å². The number of nitrogens with zero attached hydrogens (tertiary/aromatic N) is 2. The Morgan fingerprint density at radius 2 is 1.89 bits per heavy atom. The lowest BCUT2D eigenvalue weighted by atomic mass is 9.94. The Hall–Kier alpha value is -1.29. The van der Waals surface area contributed by atoms with Crippen LogP contribution in [0.15, 0.2) is 40.0 Å². The Bertz CT molecular complexity index is 502. The molecule has 0 aliphatic carbocycles. The fraction of sp³-hybridized carbons (Fsp3) is 0.429. The van der Waals surface area contributed by atoms with Crippen LogP contribution in [0.25, 0.3) is 0 Å². The molecule has 2 aromatic heterocycles. The van der Waals surface area contributed by atoms with Crippen molar-refractivity contribution in [2.75, 3.05) is 0 Å². The van der Waals surface area contributed by atoms with Crippen molar-refractivity contribution in [1.82, 2.24) is 9.97 Å². The quantitative estimate of drug-likeness (QED) is 0.776. The average Bonchev–Trinajstić information content (AvgIpc) is 2.79. The minimum atomic E-state index is 0.00625. The lowest BCUT2D eigenvalue weighted by Crippen LogP contribution is -2.09. The summed E-state index contributed by atoms with van der Waals surface area (Å²) in [6.45, 7) is 8.47. The fourth-order valence-corrected chi connectivity index (χ4v) is 2.39. The van der Waals surface area contributed by atoms with Crippen LogP contribution in [0.2, 0.25) is 0 Å². The van der Waals surface area contributed by atoms with Gasteiger partial charge in [0.15, 0.2) is 0 Å². The number of rotatable bonds is 3. The number of thioether (sulfide) groups is 1. The van der Waals surface area contributed by atoms with Crippen LogP contribution in [-0.4, -0.2) is 9.97 Å². The van der Waals surface area contributed by atoms with Crippen LogP contribution in [0.5, 0.6) is 0 Å². The van der Waals surface area contributed by atoms with Gasteiger partial charge in [0, 0.05) is 22.7 Å². The van der Waals surface area contributed by atoms with Crippen molar-refractivity contribution in [2.24, 2.45) is 0 Å². The maximum absolute atomic E-state index is 5.83. The van der Waals surface area contributed by atoms with E-state index < -0.39 is 0 Å². The van der Waals surface area contributed by atoms with Crippen LogP contribution in [0, 0.1) is 0 Å². The van der Waals surface area contributed by atoms with Gasteiger partial charge in [-0.25, -0.2) is 4.98 Å². The predicted molar refractivity (Wildman–Crippen MR) is 73.7 cm³/mol. The first-order valence-corrected chi connectivity index (χ1v) is 6.87. The molecule has 2 rings (SSSR count). The predicted octanol–water partition coefficient (Wildman–Crippen LogP) is 4.22. The lowest BCUT2D eigenvalue weighted by Gasteiger charge is -2.13. The van der Waals surface area contributed by atoms with Crippen LogP contribution in [0.1, 0.15) is 44.6 Å². The molecule has 0 N–H and O–H groups in total. The molecule has 2 heterocycles. The molecule has 0 saturated heterocycles. The smallest absolute Gasteiger partial charge is 0.207 e. The second-order valence-electron chi connectivity index (χ2n) is 5.26. The minimum Gasteiger partial charge on any atom is -0.444 e. The topological polar surface area (TPSA) is 38.9 Å². The van der Waals surface area contributed by atoms with Crippen molar-refractivity contribution in [2.45, 2.75) is 43.3 Å². The van der Waals surface area contributed by atoms with E-state index in [1.54, 1.807) is 24.2 Å². The van der Waals surface area contributed by atoms with Crippen LogP contribution in [-0.2, 0) is 5.41 Å². The van der Waals surface area contributed by atoms with Gasteiger partial charge in [-0.15, -0.1) is 11.8 Å². The van der Waals surface area contributed by atoms with Crippen molar-refractivity contribution in [3.05, 3.63) is 42.4 Å². The molecule has 0 aliphatic heterocycles. The molecule has 4 heteroatoms. The van der Waals surface area contributed by atoms with E-state index in [1.807, 2.05) is 18.3 Å². The molecule has 0 unspecified atom stereocenters. The van der Waals surface area contributed by atoms with Gasteiger partial charge in [0.2, 0.25) is 5.89 Å². The molecule has 0 radical (unpaired) electrons. The Labute approximate surface area is 112 Å². The summed E-state index contributed by atoms with van der Waals surface area (Å²) in [5.41, 5.74) is 0.00625. The zero-order chi connectivity index (χ0) is 13.2. The number of pyridine rings is 1. The third-order valence-electron chi connectivity index (χ3n) is 2.57. The zero-order valence-electron chi connectivity index (χ0n) is 11.2. The minimum absolute atomic E-state index is 0.00625. The highest BCUT2D eigenvalue weighted by atomic mass is 32.2. The Morgan fingerprint density at radius 1 is 1.22 bits per heavy atom. The average molecular weight is 262 g/mol. The van der Waals surface area contributed by atoms with E-state index in [0.29, 0.717) is 0 Å². The highest BCUT2D eigenvalue weighted by Gasteiger charge is 2.21. The zero-order valence-corrected chi connectivity index (χ0v) is 12.0. The molecule has 0 aliphatic rings. The number of oxazole rings is 1. The molecule has 0 spiro atoms. The third-order valence-corrected chi connectivity index (χ3v) is 3.67. The highest BCUT2D eigenvalue weighted by molar-refractivity contribution is 7.99. The van der Waals surface area contributed by atoms with Gasteiger partial charge in [-0.3, -0.25) is 4.98 Å². The molecule has 2 aromatic rings. The van der Waals surface area contributed by atoms with Gasteiger partial charge < -0.3 is 4.42 Å². The van der Waals surface area contributed by atoms with Gasteiger partial charge >= 0.3 is 0 Å². The molecule has 1 atom stereocenters. The third kappa shape index (κ3) is 3.13. The summed E-state index contributed by atoms with van der Waals surface area (Å²) in [5.74, 6) is 1.71. The normalized spacial score (nSPS) is 13.6. The molecule has 0 bridgehead atoms. The molecule has 18 heavy (non-hydrogen) atoms. The molecule has 0 saturated carbocycles. The van der Waals surface area contributed by atoms with Crippen LogP contribution < -0.4 is 0 Å². The summed E-state index contributed by atoms with van der Waals surface area (Å²) in [6.07, 6.45) is 5.43.